The van der Waals surface area contributed by atoms with Gasteiger partial charge in [0, 0.05) is 11.1 Å². The number of phenols is 1. The van der Waals surface area contributed by atoms with Crippen LogP contribution in [-0.2, 0) is 13.0 Å². The van der Waals surface area contributed by atoms with E-state index in [9.17, 15) is 9.90 Å². The molecule has 0 spiro atoms. The Morgan fingerprint density at radius 3 is 2.47 bits per heavy atom. The summed E-state index contributed by atoms with van der Waals surface area (Å²) < 4.78 is 7.73. The van der Waals surface area contributed by atoms with E-state index in [-0.39, 0.29) is 11.5 Å². The van der Waals surface area contributed by atoms with E-state index in [0.717, 1.165) is 17.5 Å². The number of rotatable bonds is 8. The second-order valence-electron chi connectivity index (χ2n) is 7.84. The first kappa shape index (κ1) is 22.7. The maximum Gasteiger partial charge on any atom is 0.182 e. The summed E-state index contributed by atoms with van der Waals surface area (Å²) in [7, 11) is 0. The number of aromatic nitrogens is 4. The highest BCUT2D eigenvalue weighted by Crippen LogP contribution is 2.36. The highest BCUT2D eigenvalue weighted by atomic mass is 16.5. The lowest BCUT2D eigenvalue weighted by atomic mass is 10.0. The highest BCUT2D eigenvalue weighted by Gasteiger charge is 2.17. The third-order valence-electron chi connectivity index (χ3n) is 5.41. The molecule has 0 amide bonds. The molecule has 4 aromatic rings. The van der Waals surface area contributed by atoms with Crippen LogP contribution >= 0.6 is 0 Å². The number of phenolic OH excluding ortho intramolecular Hbond substituents is 1. The Morgan fingerprint density at radius 1 is 1.09 bits per heavy atom. The number of tetrazole rings is 1. The van der Waals surface area contributed by atoms with E-state index in [1.807, 2.05) is 43.3 Å². The summed E-state index contributed by atoms with van der Waals surface area (Å²) in [6, 6.07) is 20.0. The van der Waals surface area contributed by atoms with Crippen LogP contribution in [0.3, 0.4) is 0 Å². The predicted molar refractivity (Wildman–Crippen MR) is 126 cm³/mol. The smallest absolute Gasteiger partial charge is 0.182 e. The van der Waals surface area contributed by atoms with Crippen LogP contribution < -0.4 is 4.74 Å². The van der Waals surface area contributed by atoms with E-state index >= 15 is 0 Å². The Hall–Kier alpha value is -4.51. The van der Waals surface area contributed by atoms with Gasteiger partial charge in [-0.1, -0.05) is 25.5 Å². The van der Waals surface area contributed by atoms with Crippen molar-refractivity contribution in [1.29, 1.82) is 5.26 Å². The lowest BCUT2D eigenvalue weighted by molar-refractivity contribution is 0.101. The van der Waals surface area contributed by atoms with Crippen LogP contribution in [0.25, 0.3) is 11.4 Å². The van der Waals surface area contributed by atoms with Gasteiger partial charge in [-0.2, -0.15) is 5.26 Å². The van der Waals surface area contributed by atoms with Crippen molar-refractivity contribution < 1.29 is 14.6 Å². The van der Waals surface area contributed by atoms with Crippen molar-refractivity contribution in [3.8, 4) is 34.7 Å². The number of nitriles is 1. The Labute approximate surface area is 197 Å². The maximum atomic E-state index is 11.8. The van der Waals surface area contributed by atoms with Gasteiger partial charge < -0.3 is 9.84 Å². The second kappa shape index (κ2) is 9.96. The fourth-order valence-corrected chi connectivity index (χ4v) is 3.66. The molecule has 0 saturated heterocycles. The Morgan fingerprint density at radius 2 is 1.82 bits per heavy atom. The van der Waals surface area contributed by atoms with E-state index in [2.05, 4.69) is 21.6 Å². The first-order valence-corrected chi connectivity index (χ1v) is 10.9. The van der Waals surface area contributed by atoms with Crippen molar-refractivity contribution in [3.63, 3.8) is 0 Å². The summed E-state index contributed by atoms with van der Waals surface area (Å²) in [4.78, 5) is 11.8. The SMILES string of the molecule is CCCc1c(Oc2ccc(-c3nnnn3Cc3ccc(C#N)cc3)cc2)ccc(C(C)=O)c1O. The number of ketones is 1. The van der Waals surface area contributed by atoms with Crippen molar-refractivity contribution >= 4 is 5.78 Å². The van der Waals surface area contributed by atoms with Crippen LogP contribution in [0.15, 0.2) is 60.7 Å². The van der Waals surface area contributed by atoms with E-state index in [4.69, 9.17) is 10.00 Å². The molecule has 8 nitrogen and oxygen atoms in total. The van der Waals surface area contributed by atoms with Gasteiger partial charge in [0.25, 0.3) is 0 Å². The molecule has 3 aromatic carbocycles. The third-order valence-corrected chi connectivity index (χ3v) is 5.41. The molecule has 0 aliphatic heterocycles. The number of hydrogen-bond donors (Lipinski definition) is 1. The lowest BCUT2D eigenvalue weighted by Crippen LogP contribution is -2.04. The standard InChI is InChI=1S/C26H23N5O3/c1-3-4-23-24(14-13-22(17(2)32)25(23)33)34-21-11-9-20(10-12-21)26-28-29-30-31(26)16-19-7-5-18(15-27)6-8-19/h5-14,33H,3-4,16H2,1-2H3. The largest absolute Gasteiger partial charge is 0.507 e. The van der Waals surface area contributed by atoms with E-state index in [1.54, 1.807) is 28.9 Å². The summed E-state index contributed by atoms with van der Waals surface area (Å²) >= 11 is 0. The van der Waals surface area contributed by atoms with E-state index in [1.165, 1.54) is 6.92 Å². The van der Waals surface area contributed by atoms with Crippen LogP contribution in [-0.4, -0.2) is 31.1 Å². The first-order chi connectivity index (χ1) is 16.5. The Bertz CT molecular complexity index is 1350. The van der Waals surface area contributed by atoms with Gasteiger partial charge in [0.1, 0.15) is 17.2 Å². The number of carbonyl (C=O) groups is 1. The minimum Gasteiger partial charge on any atom is -0.507 e. The molecule has 0 unspecified atom stereocenters. The second-order valence-corrected chi connectivity index (χ2v) is 7.84. The normalized spacial score (nSPS) is 10.6. The number of aromatic hydroxyl groups is 1. The highest BCUT2D eigenvalue weighted by molar-refractivity contribution is 5.97. The van der Waals surface area contributed by atoms with Crippen molar-refractivity contribution in [2.75, 3.05) is 0 Å². The summed E-state index contributed by atoms with van der Waals surface area (Å²) in [5.74, 6) is 1.49. The molecule has 4 rings (SSSR count). The van der Waals surface area contributed by atoms with Crippen LogP contribution in [0.1, 0.15) is 47.3 Å². The molecular formula is C26H23N5O3. The van der Waals surface area contributed by atoms with Gasteiger partial charge in [0.2, 0.25) is 0 Å². The number of nitrogens with zero attached hydrogens (tertiary/aromatic N) is 5. The molecule has 0 fully saturated rings. The van der Waals surface area contributed by atoms with Gasteiger partial charge in [-0.15, -0.1) is 5.10 Å². The molecule has 0 atom stereocenters. The average Bonchev–Trinajstić information content (AvgIpc) is 3.30. The lowest BCUT2D eigenvalue weighted by Gasteiger charge is -2.14. The zero-order valence-electron chi connectivity index (χ0n) is 18.9. The van der Waals surface area contributed by atoms with Gasteiger partial charge in [-0.25, -0.2) is 4.68 Å². The topological polar surface area (TPSA) is 114 Å². The summed E-state index contributed by atoms with van der Waals surface area (Å²) in [5, 5.41) is 31.6. The number of benzene rings is 3. The average molecular weight is 454 g/mol. The summed E-state index contributed by atoms with van der Waals surface area (Å²) in [6.45, 7) is 3.90. The van der Waals surface area contributed by atoms with Crippen LogP contribution in [0.4, 0.5) is 0 Å². The molecule has 0 radical (unpaired) electrons. The summed E-state index contributed by atoms with van der Waals surface area (Å²) in [6.07, 6.45) is 1.39. The third kappa shape index (κ3) is 4.79. The van der Waals surface area contributed by atoms with Crippen molar-refractivity contribution in [3.05, 3.63) is 82.9 Å². The molecule has 0 saturated carbocycles. The molecule has 1 heterocycles. The monoisotopic (exact) mass is 453 g/mol. The molecule has 0 aliphatic carbocycles. The minimum atomic E-state index is -0.190. The molecule has 8 heteroatoms. The molecule has 170 valence electrons. The number of Topliss-reactive ketones (excluding diaryl/α,β-unsaturated/α-hetero) is 1. The minimum absolute atomic E-state index is 0.0227. The number of ether oxygens (including phenoxy) is 1. The van der Waals surface area contributed by atoms with Crippen LogP contribution in [0.5, 0.6) is 17.2 Å². The van der Waals surface area contributed by atoms with E-state index in [0.29, 0.717) is 47.0 Å². The predicted octanol–water partition coefficient (Wildman–Crippen LogP) is 4.91. The van der Waals surface area contributed by atoms with Crippen LogP contribution in [0.2, 0.25) is 0 Å². The van der Waals surface area contributed by atoms with Gasteiger partial charge in [-0.3, -0.25) is 4.79 Å². The van der Waals surface area contributed by atoms with Gasteiger partial charge in [0.15, 0.2) is 11.6 Å². The molecule has 0 bridgehead atoms. The quantitative estimate of drug-likeness (QED) is 0.377. The Balaban J connectivity index is 1.55. The van der Waals surface area contributed by atoms with Gasteiger partial charge >= 0.3 is 0 Å². The molecule has 1 N–H and O–H groups in total. The fourth-order valence-electron chi connectivity index (χ4n) is 3.66. The number of carbonyl (C=O) groups excluding carboxylic acids is 1. The zero-order valence-corrected chi connectivity index (χ0v) is 18.9. The molecular weight excluding hydrogens is 430 g/mol. The first-order valence-electron chi connectivity index (χ1n) is 10.9. The van der Waals surface area contributed by atoms with Crippen LogP contribution in [0, 0.1) is 11.3 Å². The molecule has 1 aromatic heterocycles. The van der Waals surface area contributed by atoms with Crippen molar-refractivity contribution in [2.45, 2.75) is 33.2 Å². The Kier molecular flexibility index (Phi) is 6.64. The van der Waals surface area contributed by atoms with E-state index < -0.39 is 0 Å². The van der Waals surface area contributed by atoms with Crippen molar-refractivity contribution in [2.24, 2.45) is 0 Å². The molecule has 34 heavy (non-hydrogen) atoms. The van der Waals surface area contributed by atoms with Crippen molar-refractivity contribution in [1.82, 2.24) is 20.2 Å². The summed E-state index contributed by atoms with van der Waals surface area (Å²) in [5.41, 5.74) is 3.30. The zero-order chi connectivity index (χ0) is 24.1. The molecule has 0 aliphatic rings. The fraction of sp³-hybridized carbons (Fsp3) is 0.192. The van der Waals surface area contributed by atoms with Gasteiger partial charge in [0.05, 0.1) is 23.7 Å². The maximum absolute atomic E-state index is 11.8. The number of hydrogen-bond acceptors (Lipinski definition) is 7. The van der Waals surface area contributed by atoms with Gasteiger partial charge in [-0.05, 0) is 77.9 Å².